The van der Waals surface area contributed by atoms with Gasteiger partial charge in [0, 0.05) is 11.1 Å². The van der Waals surface area contributed by atoms with Gasteiger partial charge in [-0.3, -0.25) is 4.79 Å². The third-order valence-corrected chi connectivity index (χ3v) is 5.21. The van der Waals surface area contributed by atoms with Crippen molar-refractivity contribution < 1.29 is 4.79 Å². The Balaban J connectivity index is 2.47. The zero-order valence-corrected chi connectivity index (χ0v) is 18.2. The first-order valence-corrected chi connectivity index (χ1v) is 10.4. The normalized spacial score (nSPS) is 12.0. The van der Waals surface area contributed by atoms with E-state index < -0.39 is 0 Å². The second-order valence-corrected chi connectivity index (χ2v) is 9.49. The molecule has 2 aromatic rings. The Bertz CT molecular complexity index is 775. The molecule has 0 atom stereocenters. The van der Waals surface area contributed by atoms with E-state index in [-0.39, 0.29) is 11.2 Å². The van der Waals surface area contributed by atoms with Crippen molar-refractivity contribution in [2.24, 2.45) is 5.92 Å². The number of benzene rings is 2. The quantitative estimate of drug-likeness (QED) is 0.470. The standard InChI is InChI=1S/C26H36O/c1-18(2)11-10-12-20-15-16-24(26(5,6)7)23(17-20)25(27)22-14-9-8-13-21(22)19(3)4/h8-9,13-19H,10-12H2,1-7H3. The van der Waals surface area contributed by atoms with Crippen LogP contribution in [-0.4, -0.2) is 5.78 Å². The van der Waals surface area contributed by atoms with Crippen molar-refractivity contribution in [1.82, 2.24) is 0 Å². The molecule has 0 N–H and O–H groups in total. The van der Waals surface area contributed by atoms with Gasteiger partial charge in [-0.1, -0.05) is 91.3 Å². The summed E-state index contributed by atoms with van der Waals surface area (Å²) in [6.45, 7) is 15.4. The van der Waals surface area contributed by atoms with E-state index >= 15 is 0 Å². The van der Waals surface area contributed by atoms with Gasteiger partial charge in [-0.05, 0) is 52.8 Å². The molecule has 0 saturated carbocycles. The van der Waals surface area contributed by atoms with E-state index in [4.69, 9.17) is 0 Å². The summed E-state index contributed by atoms with van der Waals surface area (Å²) in [5.41, 5.74) is 5.20. The number of carbonyl (C=O) groups excluding carboxylic acids is 1. The second kappa shape index (κ2) is 8.87. The van der Waals surface area contributed by atoms with Crippen LogP contribution >= 0.6 is 0 Å². The predicted molar refractivity (Wildman–Crippen MR) is 117 cm³/mol. The van der Waals surface area contributed by atoms with Crippen molar-refractivity contribution in [2.75, 3.05) is 0 Å². The van der Waals surface area contributed by atoms with Gasteiger partial charge in [0.25, 0.3) is 0 Å². The van der Waals surface area contributed by atoms with E-state index in [2.05, 4.69) is 72.7 Å². The Hall–Kier alpha value is -1.89. The summed E-state index contributed by atoms with van der Waals surface area (Å²) in [6.07, 6.45) is 3.43. The van der Waals surface area contributed by atoms with Crippen molar-refractivity contribution in [3.63, 3.8) is 0 Å². The van der Waals surface area contributed by atoms with E-state index in [0.29, 0.717) is 5.92 Å². The van der Waals surface area contributed by atoms with Crippen LogP contribution in [0.3, 0.4) is 0 Å². The molecule has 0 aliphatic carbocycles. The van der Waals surface area contributed by atoms with Crippen LogP contribution in [0.1, 0.15) is 99.8 Å². The van der Waals surface area contributed by atoms with Gasteiger partial charge in [0.2, 0.25) is 0 Å². The molecule has 1 nitrogen and oxygen atoms in total. The first-order valence-electron chi connectivity index (χ1n) is 10.4. The molecule has 0 unspecified atom stereocenters. The maximum atomic E-state index is 13.6. The molecule has 0 aliphatic rings. The second-order valence-electron chi connectivity index (χ2n) is 9.49. The molecule has 0 saturated heterocycles. The lowest BCUT2D eigenvalue weighted by Gasteiger charge is -2.24. The molecule has 0 bridgehead atoms. The van der Waals surface area contributed by atoms with Crippen molar-refractivity contribution in [3.05, 3.63) is 70.3 Å². The van der Waals surface area contributed by atoms with Gasteiger partial charge in [-0.15, -0.1) is 0 Å². The van der Waals surface area contributed by atoms with Crippen molar-refractivity contribution in [1.29, 1.82) is 0 Å². The summed E-state index contributed by atoms with van der Waals surface area (Å²) in [7, 11) is 0. The van der Waals surface area contributed by atoms with Crippen molar-refractivity contribution >= 4 is 5.78 Å². The average molecular weight is 365 g/mol. The molecule has 0 aliphatic heterocycles. The molecule has 0 heterocycles. The topological polar surface area (TPSA) is 17.1 Å². The molecule has 2 aromatic carbocycles. The first kappa shape index (κ1) is 21.4. The number of carbonyl (C=O) groups is 1. The fraction of sp³-hybridized carbons (Fsp3) is 0.500. The maximum absolute atomic E-state index is 13.6. The van der Waals surface area contributed by atoms with Gasteiger partial charge in [0.15, 0.2) is 5.78 Å². The lowest BCUT2D eigenvalue weighted by Crippen LogP contribution is -2.19. The monoisotopic (exact) mass is 364 g/mol. The Morgan fingerprint density at radius 1 is 0.926 bits per heavy atom. The van der Waals surface area contributed by atoms with Crippen LogP contribution in [0, 0.1) is 5.92 Å². The minimum absolute atomic E-state index is 0.0613. The van der Waals surface area contributed by atoms with Crippen LogP contribution < -0.4 is 0 Å². The number of aryl methyl sites for hydroxylation is 1. The Labute approximate surface area is 166 Å². The van der Waals surface area contributed by atoms with Crippen LogP contribution in [0.15, 0.2) is 42.5 Å². The summed E-state index contributed by atoms with van der Waals surface area (Å²) in [6, 6.07) is 14.6. The number of hydrogen-bond acceptors (Lipinski definition) is 1. The van der Waals surface area contributed by atoms with Crippen LogP contribution in [0.2, 0.25) is 0 Å². The molecule has 0 fully saturated rings. The third kappa shape index (κ3) is 5.54. The van der Waals surface area contributed by atoms with Gasteiger partial charge in [-0.2, -0.15) is 0 Å². The summed E-state index contributed by atoms with van der Waals surface area (Å²) < 4.78 is 0. The largest absolute Gasteiger partial charge is 0.289 e. The first-order chi connectivity index (χ1) is 12.6. The molecular formula is C26H36O. The zero-order chi connectivity index (χ0) is 20.2. The van der Waals surface area contributed by atoms with E-state index in [9.17, 15) is 4.79 Å². The van der Waals surface area contributed by atoms with Crippen LogP contribution in [-0.2, 0) is 11.8 Å². The summed E-state index contributed by atoms with van der Waals surface area (Å²) in [4.78, 5) is 13.6. The summed E-state index contributed by atoms with van der Waals surface area (Å²) in [5.74, 6) is 1.21. The van der Waals surface area contributed by atoms with Gasteiger partial charge in [0.1, 0.15) is 0 Å². The lowest BCUT2D eigenvalue weighted by molar-refractivity contribution is 0.103. The van der Waals surface area contributed by atoms with Crippen molar-refractivity contribution in [2.45, 2.75) is 79.1 Å². The minimum atomic E-state index is -0.0613. The smallest absolute Gasteiger partial charge is 0.193 e. The van der Waals surface area contributed by atoms with E-state index in [0.717, 1.165) is 34.6 Å². The zero-order valence-electron chi connectivity index (χ0n) is 18.2. The molecule has 27 heavy (non-hydrogen) atoms. The number of rotatable bonds is 7. The van der Waals surface area contributed by atoms with Crippen molar-refractivity contribution in [3.8, 4) is 0 Å². The van der Waals surface area contributed by atoms with Crippen LogP contribution in [0.4, 0.5) is 0 Å². The Morgan fingerprint density at radius 2 is 1.59 bits per heavy atom. The molecular weight excluding hydrogens is 328 g/mol. The molecule has 0 amide bonds. The van der Waals surface area contributed by atoms with Crippen LogP contribution in [0.5, 0.6) is 0 Å². The van der Waals surface area contributed by atoms with Gasteiger partial charge in [0.05, 0.1) is 0 Å². The molecule has 146 valence electrons. The fourth-order valence-corrected chi connectivity index (χ4v) is 3.66. The van der Waals surface area contributed by atoms with Crippen LogP contribution in [0.25, 0.3) is 0 Å². The molecule has 2 rings (SSSR count). The fourth-order valence-electron chi connectivity index (χ4n) is 3.66. The minimum Gasteiger partial charge on any atom is -0.289 e. The van der Waals surface area contributed by atoms with Gasteiger partial charge < -0.3 is 0 Å². The highest BCUT2D eigenvalue weighted by molar-refractivity contribution is 6.11. The lowest BCUT2D eigenvalue weighted by atomic mass is 9.80. The SMILES string of the molecule is CC(C)CCCc1ccc(C(C)(C)C)c(C(=O)c2ccccc2C(C)C)c1. The average Bonchev–Trinajstić information content (AvgIpc) is 2.59. The van der Waals surface area contributed by atoms with E-state index in [1.54, 1.807) is 0 Å². The van der Waals surface area contributed by atoms with E-state index in [1.807, 2.05) is 18.2 Å². The summed E-state index contributed by atoms with van der Waals surface area (Å²) >= 11 is 0. The molecule has 1 heteroatoms. The van der Waals surface area contributed by atoms with Gasteiger partial charge >= 0.3 is 0 Å². The third-order valence-electron chi connectivity index (χ3n) is 5.21. The number of hydrogen-bond donors (Lipinski definition) is 0. The number of ketones is 1. The molecule has 0 radical (unpaired) electrons. The Morgan fingerprint density at radius 3 is 2.19 bits per heavy atom. The summed E-state index contributed by atoms with van der Waals surface area (Å²) in [5, 5.41) is 0. The predicted octanol–water partition coefficient (Wildman–Crippen LogP) is 7.32. The highest BCUT2D eigenvalue weighted by Crippen LogP contribution is 2.31. The molecule has 0 spiro atoms. The highest BCUT2D eigenvalue weighted by Gasteiger charge is 2.24. The molecule has 0 aromatic heterocycles. The highest BCUT2D eigenvalue weighted by atomic mass is 16.1. The van der Waals surface area contributed by atoms with Gasteiger partial charge in [-0.25, -0.2) is 0 Å². The Kier molecular flexibility index (Phi) is 7.03. The maximum Gasteiger partial charge on any atom is 0.193 e. The van der Waals surface area contributed by atoms with E-state index in [1.165, 1.54) is 18.4 Å².